The van der Waals surface area contributed by atoms with Crippen molar-refractivity contribution < 1.29 is 0 Å². The van der Waals surface area contributed by atoms with Crippen LogP contribution in [0.5, 0.6) is 0 Å². The summed E-state index contributed by atoms with van der Waals surface area (Å²) < 4.78 is 3.28. The second-order valence-electron chi connectivity index (χ2n) is 7.81. The third kappa shape index (κ3) is 3.03. The van der Waals surface area contributed by atoms with Gasteiger partial charge in [-0.15, -0.1) is 10.2 Å². The topological polar surface area (TPSA) is 46.8 Å². The lowest BCUT2D eigenvalue weighted by Crippen LogP contribution is -2.32. The standard InChI is InChI=1S/C23H20BrN5S/c24-16-7-5-6-15(12-16)22-26-27-23-29(22)13-28(14-30-23)21-17-8-1-3-10-19(17)25-20-11-4-2-9-18(20)21/h1,3,5-8,10,12H,2,4,9,11,13-14H2. The third-order valence-electron chi connectivity index (χ3n) is 5.92. The van der Waals surface area contributed by atoms with Gasteiger partial charge >= 0.3 is 0 Å². The maximum Gasteiger partial charge on any atom is 0.194 e. The number of pyridine rings is 1. The maximum atomic E-state index is 5.01. The molecule has 150 valence electrons. The van der Waals surface area contributed by atoms with Crippen LogP contribution in [0.3, 0.4) is 0 Å². The molecule has 0 radical (unpaired) electrons. The zero-order valence-electron chi connectivity index (χ0n) is 16.4. The van der Waals surface area contributed by atoms with Crippen LogP contribution in [0.2, 0.25) is 0 Å². The molecule has 0 fully saturated rings. The van der Waals surface area contributed by atoms with Gasteiger partial charge in [-0.2, -0.15) is 0 Å². The summed E-state index contributed by atoms with van der Waals surface area (Å²) in [6.45, 7) is 0.748. The fourth-order valence-corrected chi connectivity index (χ4v) is 5.83. The summed E-state index contributed by atoms with van der Waals surface area (Å²) in [6, 6.07) is 16.8. The fraction of sp³-hybridized carbons (Fsp3) is 0.261. The van der Waals surface area contributed by atoms with E-state index in [0.29, 0.717) is 0 Å². The first-order valence-electron chi connectivity index (χ1n) is 10.3. The van der Waals surface area contributed by atoms with Gasteiger partial charge in [0.2, 0.25) is 0 Å². The Morgan fingerprint density at radius 3 is 2.80 bits per heavy atom. The minimum Gasteiger partial charge on any atom is -0.343 e. The van der Waals surface area contributed by atoms with Gasteiger partial charge in [-0.05, 0) is 49.4 Å². The summed E-state index contributed by atoms with van der Waals surface area (Å²) in [6.07, 6.45) is 4.66. The van der Waals surface area contributed by atoms with Gasteiger partial charge in [-0.25, -0.2) is 0 Å². The molecule has 0 unspecified atom stereocenters. The molecule has 30 heavy (non-hydrogen) atoms. The number of halogens is 1. The number of thioether (sulfide) groups is 1. The number of rotatable bonds is 2. The van der Waals surface area contributed by atoms with E-state index >= 15 is 0 Å². The van der Waals surface area contributed by atoms with Crippen molar-refractivity contribution >= 4 is 44.3 Å². The van der Waals surface area contributed by atoms with Crippen LogP contribution in [0, 0.1) is 0 Å². The molecular weight excluding hydrogens is 458 g/mol. The lowest BCUT2D eigenvalue weighted by Gasteiger charge is -2.34. The van der Waals surface area contributed by atoms with E-state index in [1.54, 1.807) is 11.8 Å². The number of nitrogens with zero attached hydrogens (tertiary/aromatic N) is 5. The number of anilines is 1. The molecule has 7 heteroatoms. The Labute approximate surface area is 187 Å². The number of aryl methyl sites for hydroxylation is 1. The van der Waals surface area contributed by atoms with Crippen LogP contribution in [0.15, 0.2) is 58.2 Å². The quantitative estimate of drug-likeness (QED) is 0.372. The van der Waals surface area contributed by atoms with Crippen LogP contribution in [-0.2, 0) is 19.5 Å². The van der Waals surface area contributed by atoms with Crippen molar-refractivity contribution in [2.45, 2.75) is 37.5 Å². The normalized spacial score (nSPS) is 15.8. The molecule has 0 amide bonds. The summed E-state index contributed by atoms with van der Waals surface area (Å²) in [5, 5.41) is 11.2. The first kappa shape index (κ1) is 18.4. The molecule has 0 saturated carbocycles. The molecule has 5 nitrogen and oxygen atoms in total. The van der Waals surface area contributed by atoms with Gasteiger partial charge in [0.15, 0.2) is 11.0 Å². The zero-order valence-corrected chi connectivity index (χ0v) is 18.8. The summed E-state index contributed by atoms with van der Waals surface area (Å²) in [4.78, 5) is 7.49. The number of fused-ring (bicyclic) bond motifs is 3. The van der Waals surface area contributed by atoms with E-state index in [-0.39, 0.29) is 0 Å². The molecule has 6 rings (SSSR count). The van der Waals surface area contributed by atoms with Crippen LogP contribution in [0.4, 0.5) is 5.69 Å². The van der Waals surface area contributed by atoms with Gasteiger partial charge in [0, 0.05) is 21.1 Å². The van der Waals surface area contributed by atoms with Crippen molar-refractivity contribution in [1.29, 1.82) is 0 Å². The molecule has 0 saturated heterocycles. The van der Waals surface area contributed by atoms with Crippen molar-refractivity contribution in [2.24, 2.45) is 0 Å². The number of hydrogen-bond acceptors (Lipinski definition) is 5. The largest absolute Gasteiger partial charge is 0.343 e. The number of aromatic nitrogens is 4. The molecule has 0 atom stereocenters. The van der Waals surface area contributed by atoms with Crippen molar-refractivity contribution in [1.82, 2.24) is 19.7 Å². The second-order valence-corrected chi connectivity index (χ2v) is 9.64. The SMILES string of the molecule is Brc1cccc(-c2nnc3n2CN(c2c4c(nc5ccccc25)CCCC4)CS3)c1. The minimum absolute atomic E-state index is 0.748. The van der Waals surface area contributed by atoms with Crippen LogP contribution in [0.25, 0.3) is 22.3 Å². The van der Waals surface area contributed by atoms with Crippen LogP contribution >= 0.6 is 27.7 Å². The third-order valence-corrected chi connectivity index (χ3v) is 7.41. The first-order chi connectivity index (χ1) is 14.8. The Morgan fingerprint density at radius 1 is 0.967 bits per heavy atom. The molecule has 1 aliphatic heterocycles. The maximum absolute atomic E-state index is 5.01. The molecule has 2 aliphatic rings. The molecule has 1 aliphatic carbocycles. The van der Waals surface area contributed by atoms with Crippen molar-refractivity contribution in [3.63, 3.8) is 0 Å². The van der Waals surface area contributed by atoms with Crippen molar-refractivity contribution in [2.75, 3.05) is 10.8 Å². The van der Waals surface area contributed by atoms with Gasteiger partial charge in [0.25, 0.3) is 0 Å². The fourth-order valence-electron chi connectivity index (χ4n) is 4.55. The lowest BCUT2D eigenvalue weighted by molar-refractivity contribution is 0.601. The van der Waals surface area contributed by atoms with Gasteiger partial charge < -0.3 is 4.90 Å². The Bertz CT molecular complexity index is 1270. The molecule has 4 aromatic rings. The summed E-state index contributed by atoms with van der Waals surface area (Å²) in [5.41, 5.74) is 6.23. The Morgan fingerprint density at radius 2 is 1.87 bits per heavy atom. The second kappa shape index (κ2) is 7.39. The van der Waals surface area contributed by atoms with Crippen LogP contribution in [-0.4, -0.2) is 25.6 Å². The Kier molecular flexibility index (Phi) is 4.53. The Hall–Kier alpha value is -2.38. The highest BCUT2D eigenvalue weighted by Crippen LogP contribution is 2.40. The number of hydrogen-bond donors (Lipinski definition) is 0. The van der Waals surface area contributed by atoms with E-state index in [4.69, 9.17) is 4.98 Å². The highest BCUT2D eigenvalue weighted by atomic mass is 79.9. The molecule has 2 aromatic heterocycles. The predicted molar refractivity (Wildman–Crippen MR) is 125 cm³/mol. The monoisotopic (exact) mass is 477 g/mol. The lowest BCUT2D eigenvalue weighted by atomic mass is 9.92. The molecule has 0 spiro atoms. The van der Waals surface area contributed by atoms with E-state index in [2.05, 4.69) is 72.0 Å². The summed E-state index contributed by atoms with van der Waals surface area (Å²) in [7, 11) is 0. The number of benzene rings is 2. The summed E-state index contributed by atoms with van der Waals surface area (Å²) >= 11 is 5.33. The number of para-hydroxylation sites is 1. The average molecular weight is 478 g/mol. The van der Waals surface area contributed by atoms with Crippen molar-refractivity contribution in [3.8, 4) is 11.4 Å². The molecule has 0 bridgehead atoms. The molecular formula is C23H20BrN5S. The average Bonchev–Trinajstić information content (AvgIpc) is 3.20. The van der Waals surface area contributed by atoms with Gasteiger partial charge in [-0.3, -0.25) is 9.55 Å². The van der Waals surface area contributed by atoms with Gasteiger partial charge in [-0.1, -0.05) is 58.0 Å². The van der Waals surface area contributed by atoms with Crippen LogP contribution < -0.4 is 4.90 Å². The molecule has 0 N–H and O–H groups in total. The first-order valence-corrected chi connectivity index (χ1v) is 12.0. The highest BCUT2D eigenvalue weighted by molar-refractivity contribution is 9.10. The van der Waals surface area contributed by atoms with E-state index in [1.807, 2.05) is 12.1 Å². The molecule has 3 heterocycles. The smallest absolute Gasteiger partial charge is 0.194 e. The van der Waals surface area contributed by atoms with Crippen molar-refractivity contribution in [3.05, 3.63) is 64.3 Å². The minimum atomic E-state index is 0.748. The van der Waals surface area contributed by atoms with Gasteiger partial charge in [0.05, 0.1) is 23.7 Å². The van der Waals surface area contributed by atoms with E-state index in [9.17, 15) is 0 Å². The van der Waals surface area contributed by atoms with E-state index in [0.717, 1.165) is 51.9 Å². The van der Waals surface area contributed by atoms with Gasteiger partial charge in [0.1, 0.15) is 0 Å². The van der Waals surface area contributed by atoms with E-state index in [1.165, 1.54) is 35.2 Å². The Balaban J connectivity index is 1.48. The summed E-state index contributed by atoms with van der Waals surface area (Å²) in [5.74, 6) is 1.78. The van der Waals surface area contributed by atoms with E-state index < -0.39 is 0 Å². The zero-order chi connectivity index (χ0) is 20.1. The highest BCUT2D eigenvalue weighted by Gasteiger charge is 2.27. The van der Waals surface area contributed by atoms with Crippen LogP contribution in [0.1, 0.15) is 24.1 Å². The predicted octanol–water partition coefficient (Wildman–Crippen LogP) is 5.66. The molecule has 2 aromatic carbocycles.